The Labute approximate surface area is 524 Å². The van der Waals surface area contributed by atoms with E-state index in [0.717, 1.165) is 44.1 Å². The van der Waals surface area contributed by atoms with Crippen molar-refractivity contribution in [3.63, 3.8) is 0 Å². The zero-order chi connectivity index (χ0) is 72.3. The van der Waals surface area contributed by atoms with Crippen LogP contribution in [-0.4, -0.2) is 25.6 Å². The molecule has 0 unspecified atom stereocenters. The van der Waals surface area contributed by atoms with Crippen LogP contribution in [0.25, 0.3) is 77.6 Å². The van der Waals surface area contributed by atoms with E-state index < -0.39 is 109 Å². The van der Waals surface area contributed by atoms with E-state index in [2.05, 4.69) is 95.7 Å². The zero-order valence-corrected chi connectivity index (χ0v) is 49.8. The number of para-hydroxylation sites is 4. The van der Waals surface area contributed by atoms with Gasteiger partial charge in [-0.25, -0.2) is 0 Å². The molecule has 0 N–H and O–H groups in total. The van der Waals surface area contributed by atoms with Gasteiger partial charge in [-0.15, -0.1) is 0 Å². The van der Waals surface area contributed by atoms with Gasteiger partial charge in [0.15, 0.2) is 0 Å². The summed E-state index contributed by atoms with van der Waals surface area (Å²) in [6.07, 6.45) is -2.11. The number of fused-ring (bicyclic) bond motifs is 4. The number of imidazole rings is 1. The summed E-state index contributed by atoms with van der Waals surface area (Å²) in [6, 6.07) is 42.5. The maximum absolute atomic E-state index is 9.92. The van der Waals surface area contributed by atoms with Crippen LogP contribution in [0.2, 0.25) is 0 Å². The molecular formula is C75H70BN5OPt. The monoisotopic (exact) mass is 1280 g/mol. The molecule has 0 radical (unpaired) electrons. The third-order valence-electron chi connectivity index (χ3n) is 15.3. The summed E-state index contributed by atoms with van der Waals surface area (Å²) in [5.74, 6) is -0.187. The topological polar surface area (TPSA) is 40.1 Å². The predicted molar refractivity (Wildman–Crippen MR) is 345 cm³/mol. The molecule has 0 aliphatic carbocycles. The van der Waals surface area contributed by atoms with Gasteiger partial charge in [0.25, 0.3) is 0 Å². The van der Waals surface area contributed by atoms with Gasteiger partial charge < -0.3 is 0 Å². The number of rotatable bonds is 10. The molecule has 0 spiro atoms. The van der Waals surface area contributed by atoms with Crippen LogP contribution in [0.15, 0.2) is 212 Å². The Morgan fingerprint density at radius 1 is 0.578 bits per heavy atom. The van der Waals surface area contributed by atoms with E-state index in [1.165, 1.54) is 18.2 Å². The maximum atomic E-state index is 9.92. The first kappa shape index (κ1) is 37.8. The van der Waals surface area contributed by atoms with Crippen LogP contribution in [0.4, 0.5) is 11.5 Å². The van der Waals surface area contributed by atoms with Crippen molar-refractivity contribution in [1.29, 1.82) is 0 Å². The zero-order valence-electron chi connectivity index (χ0n) is 64.5. The fourth-order valence-corrected chi connectivity index (χ4v) is 12.6. The third kappa shape index (κ3) is 9.81. The Morgan fingerprint density at radius 2 is 1.23 bits per heavy atom. The Kier molecular flexibility index (Phi) is 9.36. The van der Waals surface area contributed by atoms with Gasteiger partial charge in [-0.05, 0) is 6.07 Å². The summed E-state index contributed by atoms with van der Waals surface area (Å²) in [6.45, 7) is 11.4. The summed E-state index contributed by atoms with van der Waals surface area (Å²) in [7, 11) is 0. The number of pyridine rings is 1. The summed E-state index contributed by atoms with van der Waals surface area (Å²) >= 11 is 2.13. The SMILES string of the molecule is [2H]c1c([2H])c([2H])c(-c2cc(C([2H])([2H])C(C)(C)C)cc(-c3cc(C(C)(C)C)cc(C(C)(C)C)c3)c2-n2[c](=[Pt])n(-c3cc(Oc4nc(N5B(c6ccccc6)n6c7ccccc7c7cccc5c76)ccc4-c4c([2H])c([2H])c([2H])c([2H])c4C([2H])([2H])[2H])cc(C([2H])([2H])[2H])c3)c3ccccc32)c([2H])c1[2H]. The normalized spacial score (nSPS) is 16.3. The van der Waals surface area contributed by atoms with E-state index in [1.54, 1.807) is 55.7 Å². The molecule has 0 fully saturated rings. The van der Waals surface area contributed by atoms with Crippen molar-refractivity contribution < 1.29 is 47.4 Å². The molecule has 3 aromatic heterocycles. The van der Waals surface area contributed by atoms with Gasteiger partial charge in [0.2, 0.25) is 0 Å². The van der Waals surface area contributed by atoms with Crippen LogP contribution < -0.4 is 15.0 Å². The first-order valence-corrected chi connectivity index (χ1v) is 28.8. The minimum atomic E-state index is -3.11. The van der Waals surface area contributed by atoms with Gasteiger partial charge in [-0.1, -0.05) is 60.7 Å². The van der Waals surface area contributed by atoms with Crippen molar-refractivity contribution >= 4 is 56.8 Å². The second-order valence-corrected chi connectivity index (χ2v) is 25.3. The summed E-state index contributed by atoms with van der Waals surface area (Å²) < 4.78 is 169. The first-order chi connectivity index (χ1) is 46.7. The minimum absolute atomic E-state index is 0.112. The van der Waals surface area contributed by atoms with E-state index in [4.69, 9.17) is 26.2 Å². The number of ether oxygens (including phenoxy) is 1. The first-order valence-electron chi connectivity index (χ1n) is 36.1. The molecular weight excluding hydrogens is 1190 g/mol. The summed E-state index contributed by atoms with van der Waals surface area (Å²) in [5.41, 5.74) is 4.74. The van der Waals surface area contributed by atoms with E-state index in [9.17, 15) is 6.85 Å². The second kappa shape index (κ2) is 20.6. The van der Waals surface area contributed by atoms with Crippen LogP contribution in [0.3, 0.4) is 0 Å². The van der Waals surface area contributed by atoms with Crippen molar-refractivity contribution in [3.05, 3.63) is 244 Å². The standard InChI is InChI=1S/C75H70BN5O.Pt/c1-49-39-57(78-48-79(67-35-23-22-34-66(67)78)70-63(52-26-14-12-15-27-52)41-51(47-73(3,4)5)42-64(70)53-43-54(74(6,7)8)45-55(44-53)75(9,10)11)46-58(40-49)82-72-62(59-30-19-18-25-50(59)2)37-38-69(77-72)80-68-36-24-32-61-60-31-20-21-33-65(60)81(71(61)68)76(80)56-28-16-13-17-29-56;/h12-46H,47H2,1-11H3;/i1D3,2D3,12D,14D,15D,18D,19D,25D,26D,27D,30D,47D2;. The average Bonchev–Trinajstić information content (AvgIpc) is 1.51. The number of nitrogens with zero attached hydrogens (tertiary/aromatic N) is 5. The van der Waals surface area contributed by atoms with Crippen LogP contribution in [0.1, 0.15) is 113 Å². The second-order valence-electron chi connectivity index (χ2n) is 24.3. The molecule has 4 heterocycles. The van der Waals surface area contributed by atoms with Gasteiger partial charge >= 0.3 is 442 Å². The van der Waals surface area contributed by atoms with Gasteiger partial charge in [0.1, 0.15) is 0 Å². The number of aromatic nitrogens is 4. The molecule has 0 bridgehead atoms. The number of aryl methyl sites for hydroxylation is 1. The number of hydrogen-bond acceptors (Lipinski definition) is 3. The molecule has 0 atom stereocenters. The molecule has 9 aromatic carbocycles. The van der Waals surface area contributed by atoms with Crippen LogP contribution in [0, 0.1) is 22.9 Å². The van der Waals surface area contributed by atoms with Crippen LogP contribution in [-0.2, 0) is 36.6 Å². The molecule has 0 saturated heterocycles. The van der Waals surface area contributed by atoms with E-state index >= 15 is 0 Å². The van der Waals surface area contributed by atoms with Crippen molar-refractivity contribution in [2.24, 2.45) is 5.41 Å². The Balaban J connectivity index is 1.12. The molecule has 83 heavy (non-hydrogen) atoms. The summed E-state index contributed by atoms with van der Waals surface area (Å²) in [5, 5.41) is 2.00. The third-order valence-corrected chi connectivity index (χ3v) is 16.3. The van der Waals surface area contributed by atoms with Crippen molar-refractivity contribution in [2.75, 3.05) is 4.81 Å². The fourth-order valence-electron chi connectivity index (χ4n) is 11.5. The van der Waals surface area contributed by atoms with Gasteiger partial charge in [-0.2, -0.15) is 0 Å². The Morgan fingerprint density at radius 3 is 1.93 bits per heavy atom. The van der Waals surface area contributed by atoms with Gasteiger partial charge in [0.05, 0.1) is 1.37 Å². The van der Waals surface area contributed by atoms with Gasteiger partial charge in [-0.3, -0.25) is 0 Å². The van der Waals surface area contributed by atoms with Crippen molar-refractivity contribution in [3.8, 4) is 56.4 Å². The number of benzene rings is 9. The predicted octanol–water partition coefficient (Wildman–Crippen LogP) is 19.0. The quantitative estimate of drug-likeness (QED) is 0.128. The molecule has 1 aliphatic rings. The van der Waals surface area contributed by atoms with E-state index in [0.29, 0.717) is 31.7 Å². The average molecular weight is 1280 g/mol. The van der Waals surface area contributed by atoms with Crippen molar-refractivity contribution in [1.82, 2.24) is 18.6 Å². The van der Waals surface area contributed by atoms with E-state index in [-0.39, 0.29) is 51.0 Å². The molecule has 414 valence electrons. The fraction of sp³-hybridized carbons (Fsp3) is 0.200. The van der Waals surface area contributed by atoms with E-state index in [1.807, 2.05) is 88.2 Å². The van der Waals surface area contributed by atoms with Crippen molar-refractivity contribution in [2.45, 2.75) is 93.2 Å². The molecule has 0 saturated carbocycles. The van der Waals surface area contributed by atoms with Gasteiger partial charge in [0, 0.05) is 16.3 Å². The molecule has 6 nitrogen and oxygen atoms in total. The number of hydrogen-bond donors (Lipinski definition) is 0. The van der Waals surface area contributed by atoms with Crippen LogP contribution in [0.5, 0.6) is 11.6 Å². The molecule has 0 amide bonds. The Hall–Kier alpha value is -8.25. The van der Waals surface area contributed by atoms with Crippen LogP contribution >= 0.6 is 0 Å². The molecule has 13 rings (SSSR count). The Bertz CT molecular complexity index is 5400. The molecule has 1 aliphatic heterocycles. The number of anilines is 2. The summed E-state index contributed by atoms with van der Waals surface area (Å²) in [4.78, 5) is 7.30. The molecule has 8 heteroatoms. The molecule has 12 aromatic rings.